The third-order valence-corrected chi connectivity index (χ3v) is 6.05. The van der Waals surface area contributed by atoms with E-state index in [2.05, 4.69) is 5.32 Å². The van der Waals surface area contributed by atoms with E-state index in [1.54, 1.807) is 24.3 Å². The molecule has 7 heteroatoms. The van der Waals surface area contributed by atoms with Crippen LogP contribution >= 0.6 is 0 Å². The molecule has 0 saturated carbocycles. The standard InChI is InChI=1S/C22H22N2O4S/c1-17(25)23-21-15-20(13-14-22(21)28-2)29(26,27)24(19-11-7-4-8-12-19)16-18-9-5-3-6-10-18/h3-15H,16H2,1-2H3,(H,23,25). The molecule has 0 aliphatic rings. The Morgan fingerprint density at radius 1 is 0.966 bits per heavy atom. The molecular weight excluding hydrogens is 388 g/mol. The first-order valence-electron chi connectivity index (χ1n) is 8.99. The number of carbonyl (C=O) groups excluding carboxylic acids is 1. The van der Waals surface area contributed by atoms with E-state index in [1.165, 1.54) is 36.5 Å². The maximum Gasteiger partial charge on any atom is 0.264 e. The number of anilines is 2. The minimum Gasteiger partial charge on any atom is -0.495 e. The van der Waals surface area contributed by atoms with Crippen LogP contribution in [0.15, 0.2) is 83.8 Å². The predicted molar refractivity (Wildman–Crippen MR) is 114 cm³/mol. The number of sulfonamides is 1. The van der Waals surface area contributed by atoms with Crippen molar-refractivity contribution in [2.75, 3.05) is 16.7 Å². The van der Waals surface area contributed by atoms with Gasteiger partial charge in [0.15, 0.2) is 0 Å². The number of methoxy groups -OCH3 is 1. The van der Waals surface area contributed by atoms with E-state index < -0.39 is 10.0 Å². The van der Waals surface area contributed by atoms with Crippen LogP contribution in [0.2, 0.25) is 0 Å². The Balaban J connectivity index is 2.08. The number of nitrogens with zero attached hydrogens (tertiary/aromatic N) is 1. The fraction of sp³-hybridized carbons (Fsp3) is 0.136. The molecule has 3 aromatic carbocycles. The van der Waals surface area contributed by atoms with Gasteiger partial charge < -0.3 is 10.1 Å². The summed E-state index contributed by atoms with van der Waals surface area (Å²) in [4.78, 5) is 11.6. The lowest BCUT2D eigenvalue weighted by molar-refractivity contribution is -0.114. The van der Waals surface area contributed by atoms with Gasteiger partial charge in [0.05, 0.1) is 29.9 Å². The third kappa shape index (κ3) is 4.75. The molecule has 6 nitrogen and oxygen atoms in total. The van der Waals surface area contributed by atoms with Crippen molar-refractivity contribution in [1.29, 1.82) is 0 Å². The average molecular weight is 410 g/mol. The number of carbonyl (C=O) groups is 1. The molecule has 0 unspecified atom stereocenters. The molecule has 0 heterocycles. The molecular formula is C22H22N2O4S. The smallest absolute Gasteiger partial charge is 0.264 e. The largest absolute Gasteiger partial charge is 0.495 e. The second-order valence-electron chi connectivity index (χ2n) is 6.38. The van der Waals surface area contributed by atoms with Crippen LogP contribution in [0.5, 0.6) is 5.75 Å². The van der Waals surface area contributed by atoms with E-state index in [0.717, 1.165) is 5.56 Å². The number of amides is 1. The number of hydrogen-bond donors (Lipinski definition) is 1. The van der Waals surface area contributed by atoms with Crippen molar-refractivity contribution in [2.24, 2.45) is 0 Å². The number of hydrogen-bond acceptors (Lipinski definition) is 4. The van der Waals surface area contributed by atoms with Crippen molar-refractivity contribution in [3.05, 3.63) is 84.4 Å². The molecule has 29 heavy (non-hydrogen) atoms. The molecule has 0 aliphatic carbocycles. The fourth-order valence-corrected chi connectivity index (χ4v) is 4.40. The van der Waals surface area contributed by atoms with Gasteiger partial charge in [-0.25, -0.2) is 8.42 Å². The summed E-state index contributed by atoms with van der Waals surface area (Å²) < 4.78 is 33.7. The summed E-state index contributed by atoms with van der Waals surface area (Å²) in [6, 6.07) is 22.7. The van der Waals surface area contributed by atoms with Gasteiger partial charge in [-0.05, 0) is 35.9 Å². The number of rotatable bonds is 7. The molecule has 1 N–H and O–H groups in total. The van der Waals surface area contributed by atoms with Gasteiger partial charge in [0.25, 0.3) is 10.0 Å². The van der Waals surface area contributed by atoms with Crippen molar-refractivity contribution in [3.8, 4) is 5.75 Å². The van der Waals surface area contributed by atoms with E-state index in [1.807, 2.05) is 36.4 Å². The summed E-state index contributed by atoms with van der Waals surface area (Å²) in [5.41, 5.74) is 1.71. The highest BCUT2D eigenvalue weighted by molar-refractivity contribution is 7.92. The lowest BCUT2D eigenvalue weighted by Crippen LogP contribution is -2.30. The topological polar surface area (TPSA) is 75.7 Å². The Kier molecular flexibility index (Phi) is 6.19. The van der Waals surface area contributed by atoms with Gasteiger partial charge in [0, 0.05) is 6.92 Å². The minimum atomic E-state index is -3.91. The van der Waals surface area contributed by atoms with E-state index in [4.69, 9.17) is 4.74 Å². The van der Waals surface area contributed by atoms with Crippen molar-refractivity contribution < 1.29 is 17.9 Å². The quantitative estimate of drug-likeness (QED) is 0.638. The van der Waals surface area contributed by atoms with Crippen molar-refractivity contribution in [1.82, 2.24) is 0 Å². The zero-order chi connectivity index (χ0) is 20.9. The molecule has 0 aromatic heterocycles. The molecule has 0 spiro atoms. The SMILES string of the molecule is COc1ccc(S(=O)(=O)N(Cc2ccccc2)c2ccccc2)cc1NC(C)=O. The van der Waals surface area contributed by atoms with Gasteiger partial charge in [-0.3, -0.25) is 9.10 Å². The molecule has 3 rings (SSSR count). The van der Waals surface area contributed by atoms with Crippen molar-refractivity contribution in [3.63, 3.8) is 0 Å². The van der Waals surface area contributed by atoms with Gasteiger partial charge in [-0.15, -0.1) is 0 Å². The van der Waals surface area contributed by atoms with Gasteiger partial charge in [-0.2, -0.15) is 0 Å². The number of benzene rings is 3. The molecule has 0 radical (unpaired) electrons. The highest BCUT2D eigenvalue weighted by atomic mass is 32.2. The van der Waals surface area contributed by atoms with Crippen LogP contribution in [0.25, 0.3) is 0 Å². The van der Waals surface area contributed by atoms with E-state index in [-0.39, 0.29) is 17.3 Å². The Labute approximate surface area is 170 Å². The first kappa shape index (κ1) is 20.4. The average Bonchev–Trinajstić information content (AvgIpc) is 2.73. The predicted octanol–water partition coefficient (Wildman–Crippen LogP) is 4.05. The third-order valence-electron chi connectivity index (χ3n) is 4.28. The van der Waals surface area contributed by atoms with Crippen LogP contribution in [-0.2, 0) is 21.4 Å². The maximum absolute atomic E-state index is 13.5. The van der Waals surface area contributed by atoms with E-state index in [9.17, 15) is 13.2 Å². The molecule has 0 saturated heterocycles. The summed E-state index contributed by atoms with van der Waals surface area (Å²) in [7, 11) is -2.45. The zero-order valence-corrected chi connectivity index (χ0v) is 17.0. The fourth-order valence-electron chi connectivity index (χ4n) is 2.92. The van der Waals surface area contributed by atoms with E-state index >= 15 is 0 Å². The van der Waals surface area contributed by atoms with Gasteiger partial charge in [0.2, 0.25) is 5.91 Å². The first-order valence-corrected chi connectivity index (χ1v) is 10.4. The van der Waals surface area contributed by atoms with Crippen LogP contribution in [0.3, 0.4) is 0 Å². The minimum absolute atomic E-state index is 0.0573. The number of para-hydroxylation sites is 1. The maximum atomic E-state index is 13.5. The second kappa shape index (κ2) is 8.79. The summed E-state index contributed by atoms with van der Waals surface area (Å²) in [6.45, 7) is 1.53. The highest BCUT2D eigenvalue weighted by Gasteiger charge is 2.26. The lowest BCUT2D eigenvalue weighted by Gasteiger charge is -2.25. The van der Waals surface area contributed by atoms with Crippen molar-refractivity contribution in [2.45, 2.75) is 18.4 Å². The lowest BCUT2D eigenvalue weighted by atomic mass is 10.2. The normalized spacial score (nSPS) is 11.0. The van der Waals surface area contributed by atoms with E-state index in [0.29, 0.717) is 17.1 Å². The molecule has 1 amide bonds. The van der Waals surface area contributed by atoms with Gasteiger partial charge >= 0.3 is 0 Å². The Morgan fingerprint density at radius 2 is 1.59 bits per heavy atom. The van der Waals surface area contributed by atoms with Gasteiger partial charge in [-0.1, -0.05) is 48.5 Å². The molecule has 0 bridgehead atoms. The summed E-state index contributed by atoms with van der Waals surface area (Å²) in [5, 5.41) is 2.62. The second-order valence-corrected chi connectivity index (χ2v) is 8.24. The van der Waals surface area contributed by atoms with Crippen LogP contribution in [0, 0.1) is 0 Å². The molecule has 0 aliphatic heterocycles. The van der Waals surface area contributed by atoms with Gasteiger partial charge in [0.1, 0.15) is 5.75 Å². The number of ether oxygens (including phenoxy) is 1. The molecule has 150 valence electrons. The summed E-state index contributed by atoms with van der Waals surface area (Å²) in [6.07, 6.45) is 0. The van der Waals surface area contributed by atoms with Crippen LogP contribution < -0.4 is 14.4 Å². The summed E-state index contributed by atoms with van der Waals surface area (Å²) >= 11 is 0. The van der Waals surface area contributed by atoms with Crippen LogP contribution in [0.4, 0.5) is 11.4 Å². The Morgan fingerprint density at radius 3 is 2.17 bits per heavy atom. The Hall–Kier alpha value is -3.32. The Bertz CT molecular complexity index is 1080. The van der Waals surface area contributed by atoms with Crippen LogP contribution in [-0.4, -0.2) is 21.4 Å². The highest BCUT2D eigenvalue weighted by Crippen LogP contribution is 2.31. The van der Waals surface area contributed by atoms with Crippen molar-refractivity contribution >= 4 is 27.3 Å². The first-order chi connectivity index (χ1) is 13.9. The zero-order valence-electron chi connectivity index (χ0n) is 16.2. The molecule has 0 fully saturated rings. The number of nitrogens with one attached hydrogen (secondary N) is 1. The summed E-state index contributed by atoms with van der Waals surface area (Å²) in [5.74, 6) is 0.0653. The molecule has 0 atom stereocenters. The molecule has 3 aromatic rings. The monoisotopic (exact) mass is 410 g/mol. The van der Waals surface area contributed by atoms with Crippen LogP contribution in [0.1, 0.15) is 12.5 Å².